The smallest absolute Gasteiger partial charge is 0.317 e. The van der Waals surface area contributed by atoms with Gasteiger partial charge in [-0.25, -0.2) is 8.42 Å². The highest BCUT2D eigenvalue weighted by Gasteiger charge is 2.32. The highest BCUT2D eigenvalue weighted by Crippen LogP contribution is 2.32. The summed E-state index contributed by atoms with van der Waals surface area (Å²) in [5, 5.41) is 13.2. The van der Waals surface area contributed by atoms with Crippen molar-refractivity contribution in [2.75, 3.05) is 26.2 Å². The number of carboxylic acid groups (broad SMARTS) is 1. The van der Waals surface area contributed by atoms with Crippen LogP contribution in [0.3, 0.4) is 0 Å². The van der Waals surface area contributed by atoms with E-state index in [-0.39, 0.29) is 12.5 Å². The van der Waals surface area contributed by atoms with Gasteiger partial charge in [-0.15, -0.1) is 11.3 Å². The zero-order valence-corrected chi connectivity index (χ0v) is 14.5. The van der Waals surface area contributed by atoms with Crippen molar-refractivity contribution in [3.63, 3.8) is 0 Å². The average Bonchev–Trinajstić information content (AvgIpc) is 2.86. The largest absolute Gasteiger partial charge is 0.480 e. The summed E-state index contributed by atoms with van der Waals surface area (Å²) >= 11 is 4.47. The second-order valence-corrected chi connectivity index (χ2v) is 8.86. The van der Waals surface area contributed by atoms with Crippen LogP contribution in [0.25, 0.3) is 0 Å². The van der Waals surface area contributed by atoms with Crippen molar-refractivity contribution < 1.29 is 18.3 Å². The standard InChI is InChI=1S/C12H17BrN2O4S2/c13-10-3-5-20-12(10)21(18,19)15-4-1-2-9(8-15)6-14-7-11(16)17/h3,5,9,14H,1-2,4,6-8H2,(H,16,17). The molecular formula is C12H17BrN2O4S2. The summed E-state index contributed by atoms with van der Waals surface area (Å²) in [6, 6.07) is 1.73. The van der Waals surface area contributed by atoms with Gasteiger partial charge >= 0.3 is 5.97 Å². The van der Waals surface area contributed by atoms with Gasteiger partial charge in [-0.1, -0.05) is 0 Å². The number of hydrogen-bond donors (Lipinski definition) is 2. The van der Waals surface area contributed by atoms with Crippen LogP contribution < -0.4 is 5.32 Å². The number of aliphatic carboxylic acids is 1. The van der Waals surface area contributed by atoms with E-state index in [0.29, 0.717) is 28.3 Å². The van der Waals surface area contributed by atoms with E-state index in [4.69, 9.17) is 5.11 Å². The molecule has 2 heterocycles. The molecule has 1 atom stereocenters. The molecule has 0 amide bonds. The highest BCUT2D eigenvalue weighted by atomic mass is 79.9. The van der Waals surface area contributed by atoms with Gasteiger partial charge in [0.2, 0.25) is 0 Å². The first-order valence-corrected chi connectivity index (χ1v) is 9.68. The predicted molar refractivity (Wildman–Crippen MR) is 84.0 cm³/mol. The zero-order valence-electron chi connectivity index (χ0n) is 11.3. The number of halogens is 1. The lowest BCUT2D eigenvalue weighted by atomic mass is 10.00. The van der Waals surface area contributed by atoms with Crippen LogP contribution in [0, 0.1) is 5.92 Å². The van der Waals surface area contributed by atoms with Crippen LogP contribution in [0.15, 0.2) is 20.1 Å². The molecule has 1 aliphatic heterocycles. The maximum atomic E-state index is 12.6. The van der Waals surface area contributed by atoms with E-state index in [0.717, 1.165) is 12.8 Å². The Bertz CT molecular complexity index is 602. The SMILES string of the molecule is O=C(O)CNCC1CCCN(S(=O)(=O)c2sccc2Br)C1. The predicted octanol–water partition coefficient (Wildman–Crippen LogP) is 1.59. The second kappa shape index (κ2) is 7.19. The lowest BCUT2D eigenvalue weighted by Crippen LogP contribution is -2.43. The molecule has 0 bridgehead atoms. The van der Waals surface area contributed by atoms with E-state index in [9.17, 15) is 13.2 Å². The Hall–Kier alpha value is -0.480. The number of nitrogens with zero attached hydrogens (tertiary/aromatic N) is 1. The van der Waals surface area contributed by atoms with Gasteiger partial charge in [0.15, 0.2) is 0 Å². The summed E-state index contributed by atoms with van der Waals surface area (Å²) in [5.41, 5.74) is 0. The Morgan fingerprint density at radius 3 is 2.95 bits per heavy atom. The second-order valence-electron chi connectivity index (χ2n) is 4.95. The fourth-order valence-electron chi connectivity index (χ4n) is 2.38. The number of carboxylic acids is 1. The fraction of sp³-hybridized carbons (Fsp3) is 0.583. The van der Waals surface area contributed by atoms with Gasteiger partial charge in [0.25, 0.3) is 10.0 Å². The van der Waals surface area contributed by atoms with Gasteiger partial charge < -0.3 is 10.4 Å². The summed E-state index contributed by atoms with van der Waals surface area (Å²) in [6.45, 7) is 1.37. The third-order valence-corrected chi connectivity index (χ3v) is 7.86. The maximum absolute atomic E-state index is 12.6. The molecule has 0 aromatic carbocycles. The number of piperidine rings is 1. The molecule has 0 radical (unpaired) electrons. The first kappa shape index (κ1) is 16.9. The normalized spacial score (nSPS) is 20.5. The van der Waals surface area contributed by atoms with Crippen LogP contribution in [0.1, 0.15) is 12.8 Å². The molecule has 9 heteroatoms. The van der Waals surface area contributed by atoms with Gasteiger partial charge in [0.1, 0.15) is 4.21 Å². The van der Waals surface area contributed by atoms with Crippen LogP contribution in [0.2, 0.25) is 0 Å². The topological polar surface area (TPSA) is 86.7 Å². The van der Waals surface area contributed by atoms with Crippen molar-refractivity contribution in [1.29, 1.82) is 0 Å². The van der Waals surface area contributed by atoms with Gasteiger partial charge in [-0.3, -0.25) is 4.79 Å². The number of sulfonamides is 1. The third-order valence-electron chi connectivity index (χ3n) is 3.35. The van der Waals surface area contributed by atoms with Crippen LogP contribution in [-0.4, -0.2) is 50.0 Å². The minimum absolute atomic E-state index is 0.0975. The lowest BCUT2D eigenvalue weighted by Gasteiger charge is -2.31. The Morgan fingerprint density at radius 1 is 1.57 bits per heavy atom. The summed E-state index contributed by atoms with van der Waals surface area (Å²) in [7, 11) is -3.46. The first-order valence-electron chi connectivity index (χ1n) is 6.57. The van der Waals surface area contributed by atoms with E-state index in [1.807, 2.05) is 0 Å². The minimum Gasteiger partial charge on any atom is -0.480 e. The maximum Gasteiger partial charge on any atom is 0.317 e. The molecule has 0 aliphatic carbocycles. The molecule has 0 saturated carbocycles. The molecule has 1 aromatic heterocycles. The van der Waals surface area contributed by atoms with Gasteiger partial charge in [0.05, 0.1) is 6.54 Å². The minimum atomic E-state index is -3.46. The molecule has 118 valence electrons. The van der Waals surface area contributed by atoms with Gasteiger partial charge in [-0.2, -0.15) is 4.31 Å². The van der Waals surface area contributed by atoms with E-state index in [2.05, 4.69) is 21.2 Å². The van der Waals surface area contributed by atoms with E-state index in [1.54, 1.807) is 11.4 Å². The van der Waals surface area contributed by atoms with Crippen LogP contribution >= 0.6 is 27.3 Å². The first-order chi connectivity index (χ1) is 9.91. The van der Waals surface area contributed by atoms with Crippen molar-refractivity contribution in [3.8, 4) is 0 Å². The van der Waals surface area contributed by atoms with Crippen molar-refractivity contribution in [3.05, 3.63) is 15.9 Å². The quantitative estimate of drug-likeness (QED) is 0.761. The molecule has 1 saturated heterocycles. The fourth-order valence-corrected chi connectivity index (χ4v) is 6.38. The van der Waals surface area contributed by atoms with Crippen molar-refractivity contribution in [2.45, 2.75) is 17.1 Å². The molecule has 0 spiro atoms. The molecule has 1 fully saturated rings. The van der Waals surface area contributed by atoms with Crippen molar-refractivity contribution in [1.82, 2.24) is 9.62 Å². The Labute approximate surface area is 136 Å². The summed E-state index contributed by atoms with van der Waals surface area (Å²) < 4.78 is 27.6. The average molecular weight is 397 g/mol. The summed E-state index contributed by atoms with van der Waals surface area (Å²) in [5.74, 6) is -0.760. The van der Waals surface area contributed by atoms with Crippen LogP contribution in [0.5, 0.6) is 0 Å². The number of rotatable bonds is 6. The van der Waals surface area contributed by atoms with Crippen molar-refractivity contribution >= 4 is 43.3 Å². The number of hydrogen-bond acceptors (Lipinski definition) is 5. The Morgan fingerprint density at radius 2 is 2.33 bits per heavy atom. The Balaban J connectivity index is 2.00. The highest BCUT2D eigenvalue weighted by molar-refractivity contribution is 9.10. The molecule has 1 aliphatic rings. The third kappa shape index (κ3) is 4.26. The van der Waals surface area contributed by atoms with Crippen LogP contribution in [-0.2, 0) is 14.8 Å². The molecule has 1 aromatic rings. The molecule has 2 N–H and O–H groups in total. The molecule has 2 rings (SSSR count). The van der Waals surface area contributed by atoms with Crippen LogP contribution in [0.4, 0.5) is 0 Å². The van der Waals surface area contributed by atoms with Gasteiger partial charge in [-0.05, 0) is 52.7 Å². The van der Waals surface area contributed by atoms with E-state index >= 15 is 0 Å². The lowest BCUT2D eigenvalue weighted by molar-refractivity contribution is -0.136. The Kier molecular flexibility index (Phi) is 5.78. The summed E-state index contributed by atoms with van der Waals surface area (Å²) in [6.07, 6.45) is 1.70. The number of carbonyl (C=O) groups is 1. The summed E-state index contributed by atoms with van der Waals surface area (Å²) in [4.78, 5) is 10.5. The molecule has 1 unspecified atom stereocenters. The number of thiophene rings is 1. The monoisotopic (exact) mass is 396 g/mol. The van der Waals surface area contributed by atoms with Gasteiger partial charge in [0, 0.05) is 17.6 Å². The van der Waals surface area contributed by atoms with E-state index < -0.39 is 16.0 Å². The molecule has 21 heavy (non-hydrogen) atoms. The number of nitrogens with one attached hydrogen (secondary N) is 1. The van der Waals surface area contributed by atoms with E-state index in [1.165, 1.54) is 15.6 Å². The van der Waals surface area contributed by atoms with Crippen molar-refractivity contribution in [2.24, 2.45) is 5.92 Å². The molecular weight excluding hydrogens is 380 g/mol. The molecule has 6 nitrogen and oxygen atoms in total. The zero-order chi connectivity index (χ0) is 15.5.